The topological polar surface area (TPSA) is 107 Å². The summed E-state index contributed by atoms with van der Waals surface area (Å²) in [5, 5.41) is 10.4. The smallest absolute Gasteiger partial charge is 0.261 e. The van der Waals surface area contributed by atoms with E-state index in [1.807, 2.05) is 4.90 Å². The third-order valence-electron chi connectivity index (χ3n) is 5.27. The number of rotatable bonds is 6. The van der Waals surface area contributed by atoms with Crippen molar-refractivity contribution in [2.75, 3.05) is 36.8 Å². The van der Waals surface area contributed by atoms with Crippen LogP contribution in [0.4, 0.5) is 11.4 Å². The van der Waals surface area contributed by atoms with Crippen molar-refractivity contribution in [3.63, 3.8) is 0 Å². The van der Waals surface area contributed by atoms with Crippen LogP contribution in [0.2, 0.25) is 0 Å². The Labute approximate surface area is 178 Å². The highest BCUT2D eigenvalue weighted by Gasteiger charge is 2.25. The van der Waals surface area contributed by atoms with Gasteiger partial charge in [-0.25, -0.2) is 21.1 Å². The minimum atomic E-state index is -3.98. The van der Waals surface area contributed by atoms with Gasteiger partial charge in [-0.3, -0.25) is 4.72 Å². The monoisotopic (exact) mass is 453 g/mol. The van der Waals surface area contributed by atoms with Gasteiger partial charge in [0.05, 0.1) is 15.5 Å². The van der Waals surface area contributed by atoms with Crippen LogP contribution in [0, 0.1) is 5.92 Å². The van der Waals surface area contributed by atoms with Gasteiger partial charge < -0.3 is 10.0 Å². The SMILES string of the molecule is CC1CCN(c2c(O)cccc2NS(=O)(=O)c2ccc(S(=O)(=O)N(C)C)cc2)CC1. The zero-order valence-electron chi connectivity index (χ0n) is 17.2. The summed E-state index contributed by atoms with van der Waals surface area (Å²) < 4.78 is 53.8. The summed E-state index contributed by atoms with van der Waals surface area (Å²) in [5.74, 6) is 0.599. The van der Waals surface area contributed by atoms with Crippen LogP contribution in [0.5, 0.6) is 5.75 Å². The molecule has 3 rings (SSSR count). The molecule has 1 heterocycles. The van der Waals surface area contributed by atoms with Gasteiger partial charge in [0.2, 0.25) is 10.0 Å². The first-order chi connectivity index (χ1) is 14.0. The van der Waals surface area contributed by atoms with Gasteiger partial charge in [-0.2, -0.15) is 0 Å². The number of benzene rings is 2. The van der Waals surface area contributed by atoms with Crippen molar-refractivity contribution in [1.82, 2.24) is 4.31 Å². The lowest BCUT2D eigenvalue weighted by Crippen LogP contribution is -2.33. The fraction of sp³-hybridized carbons (Fsp3) is 0.400. The van der Waals surface area contributed by atoms with Crippen LogP contribution < -0.4 is 9.62 Å². The van der Waals surface area contributed by atoms with Gasteiger partial charge in [-0.05, 0) is 55.2 Å². The van der Waals surface area contributed by atoms with E-state index in [0.717, 1.165) is 30.2 Å². The third-order valence-corrected chi connectivity index (χ3v) is 8.48. The molecule has 0 radical (unpaired) electrons. The molecular weight excluding hydrogens is 426 g/mol. The van der Waals surface area contributed by atoms with Crippen molar-refractivity contribution in [1.29, 1.82) is 0 Å². The lowest BCUT2D eigenvalue weighted by atomic mass is 9.98. The van der Waals surface area contributed by atoms with Gasteiger partial charge in [0.1, 0.15) is 11.4 Å². The maximum atomic E-state index is 12.9. The van der Waals surface area contributed by atoms with Crippen molar-refractivity contribution >= 4 is 31.4 Å². The first kappa shape index (κ1) is 22.4. The van der Waals surface area contributed by atoms with Gasteiger partial charge in [-0.1, -0.05) is 13.0 Å². The number of aromatic hydroxyl groups is 1. The Morgan fingerprint density at radius 1 is 0.967 bits per heavy atom. The van der Waals surface area contributed by atoms with E-state index in [0.29, 0.717) is 11.6 Å². The molecule has 1 aliphatic heterocycles. The van der Waals surface area contributed by atoms with Crippen LogP contribution in [0.25, 0.3) is 0 Å². The summed E-state index contributed by atoms with van der Waals surface area (Å²) in [6, 6.07) is 9.75. The second-order valence-corrected chi connectivity index (χ2v) is 11.5. The number of hydrogen-bond donors (Lipinski definition) is 2. The second-order valence-electron chi connectivity index (χ2n) is 7.71. The first-order valence-electron chi connectivity index (χ1n) is 9.64. The molecule has 30 heavy (non-hydrogen) atoms. The van der Waals surface area contributed by atoms with Crippen LogP contribution in [0.3, 0.4) is 0 Å². The number of nitrogens with one attached hydrogen (secondary N) is 1. The van der Waals surface area contributed by atoms with E-state index < -0.39 is 20.0 Å². The average molecular weight is 454 g/mol. The largest absolute Gasteiger partial charge is 0.506 e. The van der Waals surface area contributed by atoms with E-state index in [2.05, 4.69) is 11.6 Å². The Kier molecular flexibility index (Phi) is 6.30. The van der Waals surface area contributed by atoms with Crippen LogP contribution in [0.1, 0.15) is 19.8 Å². The second kappa shape index (κ2) is 8.44. The minimum Gasteiger partial charge on any atom is -0.506 e. The van der Waals surface area contributed by atoms with Crippen molar-refractivity contribution < 1.29 is 21.9 Å². The molecule has 0 amide bonds. The van der Waals surface area contributed by atoms with E-state index in [9.17, 15) is 21.9 Å². The molecule has 1 aliphatic rings. The van der Waals surface area contributed by atoms with Crippen molar-refractivity contribution in [3.05, 3.63) is 42.5 Å². The van der Waals surface area contributed by atoms with Gasteiger partial charge in [-0.15, -0.1) is 0 Å². The molecule has 8 nitrogen and oxygen atoms in total. The first-order valence-corrected chi connectivity index (χ1v) is 12.6. The number of nitrogens with zero attached hydrogens (tertiary/aromatic N) is 2. The number of phenols is 1. The lowest BCUT2D eigenvalue weighted by molar-refractivity contribution is 0.428. The molecule has 10 heteroatoms. The highest BCUT2D eigenvalue weighted by atomic mass is 32.2. The molecule has 2 N–H and O–H groups in total. The maximum Gasteiger partial charge on any atom is 0.261 e. The van der Waals surface area contributed by atoms with E-state index in [1.165, 1.54) is 44.4 Å². The molecule has 0 bridgehead atoms. The molecule has 0 atom stereocenters. The van der Waals surface area contributed by atoms with Gasteiger partial charge in [0, 0.05) is 27.2 Å². The highest BCUT2D eigenvalue weighted by molar-refractivity contribution is 7.92. The van der Waals surface area contributed by atoms with Crippen molar-refractivity contribution in [2.24, 2.45) is 5.92 Å². The number of phenolic OH excluding ortho intramolecular Hbond substituents is 1. The minimum absolute atomic E-state index is 0.00642. The molecule has 1 saturated heterocycles. The lowest BCUT2D eigenvalue weighted by Gasteiger charge is -2.33. The summed E-state index contributed by atoms with van der Waals surface area (Å²) in [4.78, 5) is 1.92. The Hall–Kier alpha value is -2.30. The number of hydrogen-bond acceptors (Lipinski definition) is 6. The quantitative estimate of drug-likeness (QED) is 0.696. The third kappa shape index (κ3) is 4.55. The molecular formula is C20H27N3O5S2. The number of sulfonamides is 2. The van der Waals surface area contributed by atoms with Gasteiger partial charge in [0.15, 0.2) is 0 Å². The van der Waals surface area contributed by atoms with E-state index in [4.69, 9.17) is 0 Å². The summed E-state index contributed by atoms with van der Waals surface area (Å²) in [7, 11) is -4.81. The molecule has 0 spiro atoms. The molecule has 1 fully saturated rings. The standard InChI is InChI=1S/C20H27N3O5S2/c1-15-11-13-23(14-12-15)20-18(5-4-6-19(20)24)21-29(25,26)16-7-9-17(10-8-16)30(27,28)22(2)3/h4-10,15,21,24H,11-14H2,1-3H3. The highest BCUT2D eigenvalue weighted by Crippen LogP contribution is 2.38. The van der Waals surface area contributed by atoms with E-state index >= 15 is 0 Å². The Morgan fingerprint density at radius 2 is 1.53 bits per heavy atom. The fourth-order valence-electron chi connectivity index (χ4n) is 3.38. The van der Waals surface area contributed by atoms with E-state index in [-0.39, 0.29) is 21.2 Å². The zero-order chi connectivity index (χ0) is 22.1. The zero-order valence-corrected chi connectivity index (χ0v) is 18.9. The van der Waals surface area contributed by atoms with Crippen molar-refractivity contribution in [3.8, 4) is 5.75 Å². The molecule has 2 aromatic rings. The maximum absolute atomic E-state index is 12.9. The summed E-state index contributed by atoms with van der Waals surface area (Å²) >= 11 is 0. The number of piperidine rings is 1. The molecule has 0 saturated carbocycles. The molecule has 0 unspecified atom stereocenters. The van der Waals surface area contributed by atoms with E-state index in [1.54, 1.807) is 12.1 Å². The van der Waals surface area contributed by atoms with Crippen molar-refractivity contribution in [2.45, 2.75) is 29.6 Å². The Morgan fingerprint density at radius 3 is 2.10 bits per heavy atom. The summed E-state index contributed by atoms with van der Waals surface area (Å²) in [6.07, 6.45) is 1.92. The summed E-state index contributed by atoms with van der Waals surface area (Å²) in [6.45, 7) is 3.63. The van der Waals surface area contributed by atoms with Crippen LogP contribution >= 0.6 is 0 Å². The fourth-order valence-corrected chi connectivity index (χ4v) is 5.35. The Balaban J connectivity index is 1.90. The van der Waals surface area contributed by atoms with Crippen LogP contribution in [-0.2, 0) is 20.0 Å². The predicted molar refractivity (Wildman–Crippen MR) is 117 cm³/mol. The molecule has 164 valence electrons. The normalized spacial score (nSPS) is 16.1. The molecule has 0 aromatic heterocycles. The van der Waals surface area contributed by atoms with Gasteiger partial charge >= 0.3 is 0 Å². The number of para-hydroxylation sites is 1. The average Bonchev–Trinajstić information content (AvgIpc) is 2.69. The summed E-state index contributed by atoms with van der Waals surface area (Å²) in [5.41, 5.74) is 0.745. The Bertz CT molecular complexity index is 1110. The molecule has 0 aliphatic carbocycles. The van der Waals surface area contributed by atoms with Gasteiger partial charge in [0.25, 0.3) is 10.0 Å². The molecule has 2 aromatic carbocycles. The number of anilines is 2. The van der Waals surface area contributed by atoms with Crippen LogP contribution in [0.15, 0.2) is 52.3 Å². The van der Waals surface area contributed by atoms with Crippen LogP contribution in [-0.4, -0.2) is 53.4 Å². The predicted octanol–water partition coefficient (Wildman–Crippen LogP) is 2.68.